The Balaban J connectivity index is 1.57. The summed E-state index contributed by atoms with van der Waals surface area (Å²) in [6, 6.07) is 3.36. The van der Waals surface area contributed by atoms with Gasteiger partial charge in [0.2, 0.25) is 0 Å². The zero-order valence-electron chi connectivity index (χ0n) is 17.5. The first-order valence-electron chi connectivity index (χ1n) is 10.3. The summed E-state index contributed by atoms with van der Waals surface area (Å²) in [5.74, 6) is 1.14. The van der Waals surface area contributed by atoms with E-state index in [1.54, 1.807) is 19.1 Å². The first-order valence-corrected chi connectivity index (χ1v) is 10.3. The van der Waals surface area contributed by atoms with Crippen LogP contribution >= 0.6 is 0 Å². The zero-order chi connectivity index (χ0) is 20.9. The highest BCUT2D eigenvalue weighted by atomic mass is 16.7. The maximum absolute atomic E-state index is 13.2. The van der Waals surface area contributed by atoms with Crippen LogP contribution in [-0.4, -0.2) is 54.9 Å². The molecule has 0 saturated heterocycles. The van der Waals surface area contributed by atoms with Crippen LogP contribution in [0.3, 0.4) is 0 Å². The molecule has 0 radical (unpaired) electrons. The molecule has 5 rings (SSSR count). The molecule has 4 aliphatic rings. The molecule has 0 aliphatic heterocycles. The lowest BCUT2D eigenvalue weighted by Crippen LogP contribution is -2.61. The Bertz CT molecular complexity index is 823. The molecule has 4 fully saturated rings. The number of aliphatic hydroxyl groups is 1. The quantitative estimate of drug-likeness (QED) is 0.738. The van der Waals surface area contributed by atoms with Gasteiger partial charge in [-0.25, -0.2) is 5.06 Å². The lowest BCUT2D eigenvalue weighted by Gasteiger charge is -2.58. The molecule has 4 bridgehead atoms. The Labute approximate surface area is 171 Å². The van der Waals surface area contributed by atoms with E-state index in [1.807, 2.05) is 0 Å². The first-order chi connectivity index (χ1) is 13.7. The molecule has 2 N–H and O–H groups in total. The van der Waals surface area contributed by atoms with Gasteiger partial charge in [0.1, 0.15) is 5.75 Å². The number of ether oxygens (including phenoxy) is 1. The number of hydrogen-bond acceptors (Lipinski definition) is 5. The maximum Gasteiger partial charge on any atom is 0.277 e. The zero-order valence-corrected chi connectivity index (χ0v) is 17.5. The van der Waals surface area contributed by atoms with Crippen LogP contribution in [0.4, 0.5) is 0 Å². The van der Waals surface area contributed by atoms with Gasteiger partial charge in [-0.15, -0.1) is 0 Å². The molecule has 0 spiro atoms. The van der Waals surface area contributed by atoms with Crippen molar-refractivity contribution < 1.29 is 24.3 Å². The third-order valence-electron chi connectivity index (χ3n) is 7.09. The van der Waals surface area contributed by atoms with Crippen molar-refractivity contribution in [2.75, 3.05) is 21.3 Å². The molecule has 7 nitrogen and oxygen atoms in total. The monoisotopic (exact) mass is 402 g/mol. The van der Waals surface area contributed by atoms with E-state index >= 15 is 0 Å². The molecule has 4 saturated carbocycles. The third kappa shape index (κ3) is 3.51. The van der Waals surface area contributed by atoms with E-state index in [-0.39, 0.29) is 17.9 Å². The number of benzene rings is 1. The Kier molecular flexibility index (Phi) is 5.07. The van der Waals surface area contributed by atoms with E-state index in [1.165, 1.54) is 21.3 Å². The van der Waals surface area contributed by atoms with Gasteiger partial charge < -0.3 is 15.2 Å². The van der Waals surface area contributed by atoms with Crippen molar-refractivity contribution in [1.82, 2.24) is 10.4 Å². The van der Waals surface area contributed by atoms with Gasteiger partial charge >= 0.3 is 0 Å². The average molecular weight is 402 g/mol. The average Bonchev–Trinajstić information content (AvgIpc) is 2.67. The number of nitrogens with one attached hydrogen (secondary N) is 1. The number of hydrogen-bond donors (Lipinski definition) is 2. The Morgan fingerprint density at radius 1 is 1.17 bits per heavy atom. The number of methoxy groups -OCH3 is 1. The van der Waals surface area contributed by atoms with Gasteiger partial charge in [-0.3, -0.25) is 14.4 Å². The van der Waals surface area contributed by atoms with Crippen molar-refractivity contribution in [1.29, 1.82) is 0 Å². The second-order valence-corrected chi connectivity index (χ2v) is 9.05. The van der Waals surface area contributed by atoms with E-state index in [4.69, 9.17) is 9.57 Å². The summed E-state index contributed by atoms with van der Waals surface area (Å²) in [6.45, 7) is 1.81. The first kappa shape index (κ1) is 20.2. The van der Waals surface area contributed by atoms with Crippen LogP contribution in [0.15, 0.2) is 12.1 Å². The molecular formula is C22H30N2O5. The largest absolute Gasteiger partial charge is 0.496 e. The van der Waals surface area contributed by atoms with Gasteiger partial charge in [0, 0.05) is 18.7 Å². The van der Waals surface area contributed by atoms with Crippen LogP contribution in [0.25, 0.3) is 0 Å². The molecule has 7 heteroatoms. The number of amides is 2. The van der Waals surface area contributed by atoms with Gasteiger partial charge in [0.15, 0.2) is 0 Å². The van der Waals surface area contributed by atoms with E-state index < -0.39 is 5.60 Å². The van der Waals surface area contributed by atoms with Crippen molar-refractivity contribution in [3.8, 4) is 5.75 Å². The minimum Gasteiger partial charge on any atom is -0.496 e. The third-order valence-corrected chi connectivity index (χ3v) is 7.09. The van der Waals surface area contributed by atoms with E-state index in [0.717, 1.165) is 37.2 Å². The van der Waals surface area contributed by atoms with Crippen molar-refractivity contribution in [3.05, 3.63) is 28.8 Å². The molecule has 1 aromatic rings. The van der Waals surface area contributed by atoms with E-state index in [0.29, 0.717) is 40.2 Å². The minimum atomic E-state index is -0.527. The molecular weight excluding hydrogens is 372 g/mol. The topological polar surface area (TPSA) is 88.1 Å². The fraction of sp³-hybridized carbons (Fsp3) is 0.636. The van der Waals surface area contributed by atoms with Crippen molar-refractivity contribution >= 4 is 11.8 Å². The molecule has 2 amide bonds. The minimum absolute atomic E-state index is 0.0874. The second kappa shape index (κ2) is 7.29. The van der Waals surface area contributed by atoms with Crippen molar-refractivity contribution in [2.45, 2.75) is 50.7 Å². The summed E-state index contributed by atoms with van der Waals surface area (Å²) in [4.78, 5) is 30.6. The lowest BCUT2D eigenvalue weighted by molar-refractivity contribution is -0.136. The molecule has 29 heavy (non-hydrogen) atoms. The van der Waals surface area contributed by atoms with Gasteiger partial charge in [0.25, 0.3) is 11.8 Å². The van der Waals surface area contributed by atoms with Crippen LogP contribution in [-0.2, 0) is 4.84 Å². The van der Waals surface area contributed by atoms with Gasteiger partial charge in [-0.1, -0.05) is 0 Å². The summed E-state index contributed by atoms with van der Waals surface area (Å²) in [7, 11) is 4.45. The van der Waals surface area contributed by atoms with Crippen LogP contribution in [0.1, 0.15) is 58.4 Å². The van der Waals surface area contributed by atoms with Crippen LogP contribution in [0.5, 0.6) is 5.75 Å². The molecule has 4 aliphatic carbocycles. The van der Waals surface area contributed by atoms with Crippen molar-refractivity contribution in [2.24, 2.45) is 17.8 Å². The molecule has 0 aromatic heterocycles. The molecule has 0 heterocycles. The summed E-state index contributed by atoms with van der Waals surface area (Å²) in [6.07, 6.45) is 4.63. The fourth-order valence-corrected chi connectivity index (χ4v) is 6.04. The second-order valence-electron chi connectivity index (χ2n) is 9.05. The van der Waals surface area contributed by atoms with Gasteiger partial charge in [-0.05, 0) is 74.5 Å². The van der Waals surface area contributed by atoms with E-state index in [9.17, 15) is 14.7 Å². The maximum atomic E-state index is 13.2. The number of rotatable bonds is 5. The molecule has 158 valence electrons. The standard InChI is InChI=1S/C22H30N2O5/c1-12-5-14(21(26)24(2)29-4)8-17(28-3)18(12)20(25)23-19-15-6-13-7-16(19)11-22(27,9-13)10-15/h5,8,13,15-16,19,27H,6-7,9-11H2,1-4H3,(H,23,25). The van der Waals surface area contributed by atoms with Crippen molar-refractivity contribution in [3.63, 3.8) is 0 Å². The van der Waals surface area contributed by atoms with Crippen LogP contribution < -0.4 is 10.1 Å². The SMILES string of the molecule is COc1cc(C(=O)N(C)OC)cc(C)c1C(=O)NC1C2CC3CC1CC(O)(C3)C2. The highest BCUT2D eigenvalue weighted by molar-refractivity contribution is 6.01. The predicted octanol–water partition coefficient (Wildman–Crippen LogP) is 2.31. The summed E-state index contributed by atoms with van der Waals surface area (Å²) in [5.41, 5.74) is 1.01. The van der Waals surface area contributed by atoms with Gasteiger partial charge in [0.05, 0.1) is 25.4 Å². The van der Waals surface area contributed by atoms with Gasteiger partial charge in [-0.2, -0.15) is 0 Å². The molecule has 2 unspecified atom stereocenters. The number of nitrogens with zero attached hydrogens (tertiary/aromatic N) is 1. The highest BCUT2D eigenvalue weighted by Crippen LogP contribution is 2.55. The Morgan fingerprint density at radius 3 is 2.38 bits per heavy atom. The Hall–Kier alpha value is -2.12. The predicted molar refractivity (Wildman–Crippen MR) is 107 cm³/mol. The summed E-state index contributed by atoms with van der Waals surface area (Å²) >= 11 is 0. The Morgan fingerprint density at radius 2 is 1.83 bits per heavy atom. The molecule has 2 atom stereocenters. The smallest absolute Gasteiger partial charge is 0.277 e. The van der Waals surface area contributed by atoms with Crippen LogP contribution in [0.2, 0.25) is 0 Å². The number of carbonyl (C=O) groups excluding carboxylic acids is 2. The van der Waals surface area contributed by atoms with Crippen LogP contribution in [0, 0.1) is 24.7 Å². The molecule has 1 aromatic carbocycles. The lowest BCUT2D eigenvalue weighted by atomic mass is 9.52. The number of aryl methyl sites for hydroxylation is 1. The summed E-state index contributed by atoms with van der Waals surface area (Å²) in [5, 5.41) is 15.1. The fourth-order valence-electron chi connectivity index (χ4n) is 6.04. The summed E-state index contributed by atoms with van der Waals surface area (Å²) < 4.78 is 5.46. The van der Waals surface area contributed by atoms with E-state index in [2.05, 4.69) is 5.32 Å². The highest BCUT2D eigenvalue weighted by Gasteiger charge is 2.55. The number of hydroxylamine groups is 2. The normalized spacial score (nSPS) is 32.2. The number of carbonyl (C=O) groups is 2.